The molecule has 0 aliphatic rings. The summed E-state index contributed by atoms with van der Waals surface area (Å²) in [7, 11) is 1.22. The van der Waals surface area contributed by atoms with E-state index in [1.807, 2.05) is 6.92 Å². The third-order valence-corrected chi connectivity index (χ3v) is 2.64. The molecule has 7 heteroatoms. The van der Waals surface area contributed by atoms with Crippen LogP contribution in [0.25, 0.3) is 0 Å². The Morgan fingerprint density at radius 2 is 2.00 bits per heavy atom. The second-order valence-corrected chi connectivity index (χ2v) is 4.25. The van der Waals surface area contributed by atoms with Gasteiger partial charge >= 0.3 is 5.97 Å². The average Bonchev–Trinajstić information content (AvgIpc) is 2.45. The lowest BCUT2D eigenvalue weighted by atomic mass is 10.3. The Balaban J connectivity index is 2.62. The van der Waals surface area contributed by atoms with Crippen LogP contribution in [0.15, 0.2) is 18.2 Å². The zero-order valence-corrected chi connectivity index (χ0v) is 11.9. The molecule has 0 aromatic heterocycles. The number of esters is 1. The number of carbonyl (C=O) groups is 2. The number of hydrogen-bond donors (Lipinski definition) is 0. The summed E-state index contributed by atoms with van der Waals surface area (Å²) in [5, 5.41) is 0. The van der Waals surface area contributed by atoms with E-state index in [0.717, 1.165) is 12.1 Å². The van der Waals surface area contributed by atoms with Crippen molar-refractivity contribution in [3.63, 3.8) is 0 Å². The lowest BCUT2D eigenvalue weighted by molar-refractivity contribution is -0.147. The highest BCUT2D eigenvalue weighted by Crippen LogP contribution is 2.17. The highest BCUT2D eigenvalue weighted by Gasteiger charge is 2.18. The highest BCUT2D eigenvalue weighted by molar-refractivity contribution is 5.83. The molecule has 0 unspecified atom stereocenters. The third kappa shape index (κ3) is 5.37. The predicted molar refractivity (Wildman–Crippen MR) is 70.7 cm³/mol. The van der Waals surface area contributed by atoms with Gasteiger partial charge in [-0.1, -0.05) is 6.92 Å². The number of methoxy groups -OCH3 is 1. The molecule has 1 rings (SSSR count). The molecular weight excluding hydrogens is 284 g/mol. The van der Waals surface area contributed by atoms with Gasteiger partial charge in [0.25, 0.3) is 5.91 Å². The Hall–Kier alpha value is -2.18. The summed E-state index contributed by atoms with van der Waals surface area (Å²) in [6, 6.07) is 2.79. The Bertz CT molecular complexity index is 508. The number of benzene rings is 1. The van der Waals surface area contributed by atoms with E-state index in [9.17, 15) is 18.4 Å². The minimum absolute atomic E-state index is 0.196. The fourth-order valence-electron chi connectivity index (χ4n) is 1.61. The monoisotopic (exact) mass is 301 g/mol. The maximum Gasteiger partial charge on any atom is 0.325 e. The van der Waals surface area contributed by atoms with Crippen molar-refractivity contribution in [2.45, 2.75) is 13.3 Å². The van der Waals surface area contributed by atoms with Crippen LogP contribution in [0.1, 0.15) is 13.3 Å². The number of hydrogen-bond acceptors (Lipinski definition) is 4. The van der Waals surface area contributed by atoms with Gasteiger partial charge in [-0.25, -0.2) is 8.78 Å². The standard InChI is InChI=1S/C14H17F2NO4/c1-3-6-17(8-14(19)20-2)13(18)9-21-12-5-4-10(15)7-11(12)16/h4-5,7H,3,6,8-9H2,1-2H3. The van der Waals surface area contributed by atoms with Crippen LogP contribution in [-0.2, 0) is 14.3 Å². The Kier molecular flexibility index (Phi) is 6.58. The van der Waals surface area contributed by atoms with Gasteiger partial charge in [0.1, 0.15) is 12.4 Å². The molecule has 0 aliphatic carbocycles. The molecule has 0 heterocycles. The first-order valence-corrected chi connectivity index (χ1v) is 6.40. The molecule has 1 aromatic carbocycles. The first-order chi connectivity index (χ1) is 9.97. The van der Waals surface area contributed by atoms with Gasteiger partial charge in [-0.05, 0) is 18.6 Å². The molecular formula is C14H17F2NO4. The summed E-state index contributed by atoms with van der Waals surface area (Å²) < 4.78 is 35.6. The second kappa shape index (κ2) is 8.18. The Morgan fingerprint density at radius 3 is 2.57 bits per heavy atom. The molecule has 21 heavy (non-hydrogen) atoms. The van der Waals surface area contributed by atoms with Gasteiger partial charge < -0.3 is 14.4 Å². The summed E-state index contributed by atoms with van der Waals surface area (Å²) >= 11 is 0. The predicted octanol–water partition coefficient (Wildman–Crippen LogP) is 1.76. The first-order valence-electron chi connectivity index (χ1n) is 6.40. The normalized spacial score (nSPS) is 10.1. The van der Waals surface area contributed by atoms with E-state index in [-0.39, 0.29) is 12.3 Å². The molecule has 0 bridgehead atoms. The van der Waals surface area contributed by atoms with Gasteiger partial charge in [0.15, 0.2) is 18.2 Å². The molecule has 0 aliphatic heterocycles. The Morgan fingerprint density at radius 1 is 1.29 bits per heavy atom. The van der Waals surface area contributed by atoms with E-state index in [1.54, 1.807) is 0 Å². The van der Waals surface area contributed by atoms with Crippen LogP contribution in [0.3, 0.4) is 0 Å². The van der Waals surface area contributed by atoms with Crippen LogP contribution in [0.5, 0.6) is 5.75 Å². The molecule has 5 nitrogen and oxygen atoms in total. The quantitative estimate of drug-likeness (QED) is 0.720. The van der Waals surface area contributed by atoms with Gasteiger partial charge in [-0.15, -0.1) is 0 Å². The number of nitrogens with zero attached hydrogens (tertiary/aromatic N) is 1. The smallest absolute Gasteiger partial charge is 0.325 e. The summed E-state index contributed by atoms with van der Waals surface area (Å²) in [6.07, 6.45) is 0.646. The lowest BCUT2D eigenvalue weighted by Gasteiger charge is -2.20. The van der Waals surface area contributed by atoms with Crippen molar-refractivity contribution in [3.05, 3.63) is 29.8 Å². The van der Waals surface area contributed by atoms with Crippen molar-refractivity contribution in [1.29, 1.82) is 0 Å². The molecule has 0 atom stereocenters. The zero-order valence-electron chi connectivity index (χ0n) is 11.9. The molecule has 0 N–H and O–H groups in total. The minimum Gasteiger partial charge on any atom is -0.481 e. The highest BCUT2D eigenvalue weighted by atomic mass is 19.1. The van der Waals surface area contributed by atoms with Gasteiger partial charge in [-0.3, -0.25) is 9.59 Å². The van der Waals surface area contributed by atoms with Crippen LogP contribution in [0.4, 0.5) is 8.78 Å². The van der Waals surface area contributed by atoms with E-state index in [4.69, 9.17) is 4.74 Å². The number of ether oxygens (including phenoxy) is 2. The van der Waals surface area contributed by atoms with Gasteiger partial charge in [-0.2, -0.15) is 0 Å². The molecule has 1 amide bonds. The van der Waals surface area contributed by atoms with Crippen LogP contribution in [-0.4, -0.2) is 43.6 Å². The third-order valence-electron chi connectivity index (χ3n) is 2.64. The maximum absolute atomic E-state index is 13.4. The van der Waals surface area contributed by atoms with Gasteiger partial charge in [0, 0.05) is 12.6 Å². The number of rotatable bonds is 7. The van der Waals surface area contributed by atoms with Crippen LogP contribution >= 0.6 is 0 Å². The molecule has 0 saturated heterocycles. The van der Waals surface area contributed by atoms with Crippen LogP contribution < -0.4 is 4.74 Å². The molecule has 1 aromatic rings. The average molecular weight is 301 g/mol. The van der Waals surface area contributed by atoms with E-state index in [2.05, 4.69) is 4.74 Å². The van der Waals surface area contributed by atoms with Crippen molar-refractivity contribution in [2.24, 2.45) is 0 Å². The summed E-state index contributed by atoms with van der Waals surface area (Å²) in [5.41, 5.74) is 0. The van der Waals surface area contributed by atoms with Crippen molar-refractivity contribution < 1.29 is 27.8 Å². The number of carbonyl (C=O) groups excluding carboxylic acids is 2. The molecule has 0 radical (unpaired) electrons. The molecule has 116 valence electrons. The van der Waals surface area contributed by atoms with E-state index in [1.165, 1.54) is 12.0 Å². The van der Waals surface area contributed by atoms with E-state index >= 15 is 0 Å². The number of halogens is 2. The first kappa shape index (κ1) is 16.9. The fraction of sp³-hybridized carbons (Fsp3) is 0.429. The van der Waals surface area contributed by atoms with Crippen molar-refractivity contribution in [1.82, 2.24) is 4.90 Å². The largest absolute Gasteiger partial charge is 0.481 e. The summed E-state index contributed by atoms with van der Waals surface area (Å²) in [5.74, 6) is -2.88. The van der Waals surface area contributed by atoms with Crippen molar-refractivity contribution >= 4 is 11.9 Å². The molecule has 0 saturated carbocycles. The van der Waals surface area contributed by atoms with Gasteiger partial charge in [0.05, 0.1) is 7.11 Å². The van der Waals surface area contributed by atoms with Crippen molar-refractivity contribution in [2.75, 3.05) is 26.8 Å². The van der Waals surface area contributed by atoms with Crippen LogP contribution in [0.2, 0.25) is 0 Å². The van der Waals surface area contributed by atoms with Crippen molar-refractivity contribution in [3.8, 4) is 5.75 Å². The summed E-state index contributed by atoms with van der Waals surface area (Å²) in [6.45, 7) is 1.55. The fourth-order valence-corrected chi connectivity index (χ4v) is 1.61. The zero-order chi connectivity index (χ0) is 15.8. The van der Waals surface area contributed by atoms with Crippen LogP contribution in [0, 0.1) is 11.6 Å². The molecule has 0 spiro atoms. The minimum atomic E-state index is -0.891. The Labute approximate surface area is 121 Å². The SMILES string of the molecule is CCCN(CC(=O)OC)C(=O)COc1ccc(F)cc1F. The molecule has 0 fully saturated rings. The summed E-state index contributed by atoms with van der Waals surface area (Å²) in [4.78, 5) is 24.4. The van der Waals surface area contributed by atoms with Gasteiger partial charge in [0.2, 0.25) is 0 Å². The number of amides is 1. The van der Waals surface area contributed by atoms with E-state index in [0.29, 0.717) is 19.0 Å². The lowest BCUT2D eigenvalue weighted by Crippen LogP contribution is -2.39. The topological polar surface area (TPSA) is 55.8 Å². The van der Waals surface area contributed by atoms with E-state index < -0.39 is 30.1 Å². The second-order valence-electron chi connectivity index (χ2n) is 4.25. The maximum atomic E-state index is 13.4.